The molecule has 0 saturated carbocycles. The second-order valence-electron chi connectivity index (χ2n) is 3.58. The molecule has 6 heteroatoms. The molecule has 0 fully saturated rings. The molecule has 0 aliphatic rings. The van der Waals surface area contributed by atoms with E-state index in [1.165, 1.54) is 23.5 Å². The minimum Gasteiger partial charge on any atom is -0.317 e. The zero-order valence-corrected chi connectivity index (χ0v) is 12.2. The quantitative estimate of drug-likeness (QED) is 0.668. The van der Waals surface area contributed by atoms with Crippen LogP contribution in [0.5, 0.6) is 0 Å². The van der Waals surface area contributed by atoms with Crippen LogP contribution in [0.1, 0.15) is 21.3 Å². The maximum absolute atomic E-state index is 13.9. The van der Waals surface area contributed by atoms with Crippen molar-refractivity contribution in [1.29, 1.82) is 0 Å². The van der Waals surface area contributed by atoms with E-state index >= 15 is 0 Å². The third-order valence-electron chi connectivity index (χ3n) is 2.43. The Morgan fingerprint density at radius 3 is 2.78 bits per heavy atom. The first-order valence-electron chi connectivity index (χ1n) is 4.99. The van der Waals surface area contributed by atoms with Crippen molar-refractivity contribution >= 4 is 44.7 Å². The number of ketones is 1. The van der Waals surface area contributed by atoms with Gasteiger partial charge in [0.05, 0.1) is 10.6 Å². The molecular formula is C12H8BrClFNOS. The zero-order chi connectivity index (χ0) is 13.3. The molecule has 0 amide bonds. The van der Waals surface area contributed by atoms with E-state index in [9.17, 15) is 9.18 Å². The molecule has 1 aromatic heterocycles. The number of thiophene rings is 1. The molecule has 0 radical (unpaired) electrons. The van der Waals surface area contributed by atoms with Crippen LogP contribution in [0.3, 0.4) is 0 Å². The number of hydrogen-bond donors (Lipinski definition) is 1. The molecule has 2 aromatic rings. The molecule has 1 atom stereocenters. The smallest absolute Gasteiger partial charge is 0.187 e. The summed E-state index contributed by atoms with van der Waals surface area (Å²) in [6, 6.07) is 5.57. The zero-order valence-electron chi connectivity index (χ0n) is 8.99. The summed E-state index contributed by atoms with van der Waals surface area (Å²) in [7, 11) is 0. The van der Waals surface area contributed by atoms with Gasteiger partial charge < -0.3 is 5.73 Å². The Morgan fingerprint density at radius 1 is 1.44 bits per heavy atom. The predicted octanol–water partition coefficient (Wildman–Crippen LogP) is 4.19. The van der Waals surface area contributed by atoms with Crippen molar-refractivity contribution in [3.05, 3.63) is 55.4 Å². The molecule has 0 aliphatic heterocycles. The van der Waals surface area contributed by atoms with Gasteiger partial charge in [0.25, 0.3) is 0 Å². The Hall–Kier alpha value is -0.750. The summed E-state index contributed by atoms with van der Waals surface area (Å²) < 4.78 is 14.3. The molecular weight excluding hydrogens is 341 g/mol. The highest BCUT2D eigenvalue weighted by molar-refractivity contribution is 9.10. The molecule has 2 N–H and O–H groups in total. The first-order valence-corrected chi connectivity index (χ1v) is 7.04. The fourth-order valence-electron chi connectivity index (χ4n) is 1.48. The van der Waals surface area contributed by atoms with Crippen molar-refractivity contribution < 1.29 is 9.18 Å². The molecule has 1 heterocycles. The summed E-state index contributed by atoms with van der Waals surface area (Å²) >= 11 is 10.2. The van der Waals surface area contributed by atoms with Gasteiger partial charge in [-0.1, -0.05) is 17.7 Å². The average molecular weight is 349 g/mol. The number of benzene rings is 1. The first-order chi connectivity index (χ1) is 8.52. The van der Waals surface area contributed by atoms with Crippen LogP contribution in [0.25, 0.3) is 0 Å². The predicted molar refractivity (Wildman–Crippen MR) is 74.7 cm³/mol. The van der Waals surface area contributed by atoms with Gasteiger partial charge in [-0.2, -0.15) is 0 Å². The van der Waals surface area contributed by atoms with Crippen molar-refractivity contribution in [3.8, 4) is 0 Å². The average Bonchev–Trinajstić information content (AvgIpc) is 2.88. The van der Waals surface area contributed by atoms with Crippen molar-refractivity contribution in [2.24, 2.45) is 5.73 Å². The molecule has 0 bridgehead atoms. The summed E-state index contributed by atoms with van der Waals surface area (Å²) in [4.78, 5) is 12.8. The van der Waals surface area contributed by atoms with Crippen LogP contribution in [0.4, 0.5) is 4.39 Å². The Bertz CT molecular complexity index is 588. The van der Waals surface area contributed by atoms with Gasteiger partial charge in [0, 0.05) is 9.35 Å². The molecule has 1 aromatic carbocycles. The number of hydrogen-bond acceptors (Lipinski definition) is 3. The van der Waals surface area contributed by atoms with Gasteiger partial charge in [-0.05, 0) is 39.5 Å². The van der Waals surface area contributed by atoms with E-state index in [4.69, 9.17) is 17.3 Å². The standard InChI is InChI=1S/C12H8BrClFNOS/c13-7-4-3-6(10(15)9(7)14)12(17)11(16)8-2-1-5-18-8/h1-5,11H,16H2. The van der Waals surface area contributed by atoms with E-state index in [0.29, 0.717) is 9.35 Å². The van der Waals surface area contributed by atoms with Gasteiger partial charge in [-0.3, -0.25) is 4.79 Å². The van der Waals surface area contributed by atoms with Gasteiger partial charge in [0.15, 0.2) is 11.6 Å². The van der Waals surface area contributed by atoms with Gasteiger partial charge in [0.1, 0.15) is 6.04 Å². The van der Waals surface area contributed by atoms with Crippen LogP contribution in [-0.4, -0.2) is 5.78 Å². The first kappa shape index (κ1) is 13.7. The summed E-state index contributed by atoms with van der Waals surface area (Å²) in [5.74, 6) is -1.23. The largest absolute Gasteiger partial charge is 0.317 e. The third kappa shape index (κ3) is 2.49. The van der Waals surface area contributed by atoms with E-state index in [1.807, 2.05) is 5.38 Å². The van der Waals surface area contributed by atoms with Gasteiger partial charge in [-0.15, -0.1) is 11.3 Å². The number of halogens is 3. The molecule has 2 rings (SSSR count). The highest BCUT2D eigenvalue weighted by Crippen LogP contribution is 2.30. The van der Waals surface area contributed by atoms with E-state index < -0.39 is 17.6 Å². The molecule has 0 spiro atoms. The van der Waals surface area contributed by atoms with Crippen LogP contribution in [0.2, 0.25) is 5.02 Å². The fourth-order valence-corrected chi connectivity index (χ4v) is 2.68. The van der Waals surface area contributed by atoms with Crippen molar-refractivity contribution in [3.63, 3.8) is 0 Å². The van der Waals surface area contributed by atoms with Crippen molar-refractivity contribution in [1.82, 2.24) is 0 Å². The number of carbonyl (C=O) groups excluding carboxylic acids is 1. The molecule has 18 heavy (non-hydrogen) atoms. The Kier molecular flexibility index (Phi) is 4.17. The summed E-state index contributed by atoms with van der Waals surface area (Å²) in [6.07, 6.45) is 0. The lowest BCUT2D eigenvalue weighted by molar-refractivity contribution is 0.0958. The van der Waals surface area contributed by atoms with Crippen LogP contribution in [-0.2, 0) is 0 Å². The van der Waals surface area contributed by atoms with E-state index in [2.05, 4.69) is 15.9 Å². The van der Waals surface area contributed by atoms with E-state index in [1.54, 1.807) is 12.1 Å². The summed E-state index contributed by atoms with van der Waals surface area (Å²) in [5.41, 5.74) is 5.72. The Labute approximate surface area is 121 Å². The SMILES string of the molecule is NC(C(=O)c1ccc(Br)c(Cl)c1F)c1cccs1. The number of carbonyl (C=O) groups is 1. The van der Waals surface area contributed by atoms with Crippen LogP contribution >= 0.6 is 38.9 Å². The number of Topliss-reactive ketones (excluding diaryl/α,β-unsaturated/α-hetero) is 1. The minimum atomic E-state index is -0.864. The molecule has 2 nitrogen and oxygen atoms in total. The maximum atomic E-state index is 13.9. The molecule has 94 valence electrons. The lowest BCUT2D eigenvalue weighted by Gasteiger charge is -2.10. The second-order valence-corrected chi connectivity index (χ2v) is 5.79. The van der Waals surface area contributed by atoms with Crippen LogP contribution in [0.15, 0.2) is 34.1 Å². The van der Waals surface area contributed by atoms with Crippen molar-refractivity contribution in [2.75, 3.05) is 0 Å². The van der Waals surface area contributed by atoms with E-state index in [0.717, 1.165) is 0 Å². The molecule has 0 aliphatic carbocycles. The van der Waals surface area contributed by atoms with Crippen LogP contribution in [0, 0.1) is 5.82 Å². The highest BCUT2D eigenvalue weighted by atomic mass is 79.9. The Morgan fingerprint density at radius 2 is 2.17 bits per heavy atom. The topological polar surface area (TPSA) is 43.1 Å². The van der Waals surface area contributed by atoms with E-state index in [-0.39, 0.29) is 10.6 Å². The third-order valence-corrected chi connectivity index (χ3v) is 4.65. The lowest BCUT2D eigenvalue weighted by Crippen LogP contribution is -2.21. The van der Waals surface area contributed by atoms with Crippen LogP contribution < -0.4 is 5.73 Å². The number of nitrogens with two attached hydrogens (primary N) is 1. The van der Waals surface area contributed by atoms with Gasteiger partial charge in [-0.25, -0.2) is 4.39 Å². The fraction of sp³-hybridized carbons (Fsp3) is 0.0833. The lowest BCUT2D eigenvalue weighted by atomic mass is 10.0. The van der Waals surface area contributed by atoms with Gasteiger partial charge in [0.2, 0.25) is 0 Å². The van der Waals surface area contributed by atoms with Gasteiger partial charge >= 0.3 is 0 Å². The normalized spacial score (nSPS) is 12.4. The highest BCUT2D eigenvalue weighted by Gasteiger charge is 2.23. The molecule has 0 saturated heterocycles. The summed E-state index contributed by atoms with van der Waals surface area (Å²) in [6.45, 7) is 0. The Balaban J connectivity index is 2.38. The van der Waals surface area contributed by atoms with Crippen molar-refractivity contribution in [2.45, 2.75) is 6.04 Å². The minimum absolute atomic E-state index is 0.0934. The summed E-state index contributed by atoms with van der Waals surface area (Å²) in [5, 5.41) is 1.70. The number of rotatable bonds is 3. The maximum Gasteiger partial charge on any atom is 0.187 e. The molecule has 1 unspecified atom stereocenters. The second kappa shape index (κ2) is 5.48. The monoisotopic (exact) mass is 347 g/mol.